The van der Waals surface area contributed by atoms with Crippen LogP contribution in [0.25, 0.3) is 6.08 Å². The smallest absolute Gasteiger partial charge is 0.266 e. The maximum Gasteiger partial charge on any atom is 0.266 e. The third-order valence-corrected chi connectivity index (χ3v) is 6.83. The number of hydrogen-bond donors (Lipinski definition) is 0. The molecule has 1 saturated heterocycles. The van der Waals surface area contributed by atoms with Gasteiger partial charge in [0.25, 0.3) is 5.91 Å². The third-order valence-electron chi connectivity index (χ3n) is 5.58. The third kappa shape index (κ3) is 5.23. The van der Waals surface area contributed by atoms with Crippen molar-refractivity contribution < 1.29 is 19.0 Å². The highest BCUT2D eigenvalue weighted by Crippen LogP contribution is 2.48. The Balaban J connectivity index is 1.66. The molecule has 3 aromatic carbocycles. The molecule has 34 heavy (non-hydrogen) atoms. The number of rotatable bonds is 9. The van der Waals surface area contributed by atoms with Crippen molar-refractivity contribution in [2.24, 2.45) is 0 Å². The lowest BCUT2D eigenvalue weighted by molar-refractivity contribution is -0.114. The molecule has 1 unspecified atom stereocenters. The van der Waals surface area contributed by atoms with E-state index in [-0.39, 0.29) is 11.3 Å². The van der Waals surface area contributed by atoms with Gasteiger partial charge in [0.15, 0.2) is 11.5 Å². The van der Waals surface area contributed by atoms with Crippen molar-refractivity contribution >= 4 is 29.4 Å². The number of unbranched alkanes of at least 4 members (excludes halogenated alkanes) is 1. The van der Waals surface area contributed by atoms with Gasteiger partial charge in [-0.25, -0.2) is 0 Å². The van der Waals surface area contributed by atoms with E-state index in [0.29, 0.717) is 23.0 Å². The molecule has 1 aliphatic heterocycles. The Morgan fingerprint density at radius 3 is 2.38 bits per heavy atom. The zero-order chi connectivity index (χ0) is 23.9. The molecule has 1 atom stereocenters. The zero-order valence-electron chi connectivity index (χ0n) is 19.7. The molecule has 176 valence electrons. The van der Waals surface area contributed by atoms with Gasteiger partial charge < -0.3 is 14.2 Å². The monoisotopic (exact) mass is 475 g/mol. The highest BCUT2D eigenvalue weighted by atomic mass is 32.2. The van der Waals surface area contributed by atoms with Crippen LogP contribution in [0.5, 0.6) is 17.2 Å². The average Bonchev–Trinajstić information content (AvgIpc) is 3.21. The Morgan fingerprint density at radius 1 is 0.941 bits per heavy atom. The largest absolute Gasteiger partial charge is 0.497 e. The van der Waals surface area contributed by atoms with Crippen LogP contribution in [0.15, 0.2) is 77.7 Å². The van der Waals surface area contributed by atoms with Crippen LogP contribution in [0.2, 0.25) is 0 Å². The predicted molar refractivity (Wildman–Crippen MR) is 139 cm³/mol. The van der Waals surface area contributed by atoms with Crippen LogP contribution >= 0.6 is 11.8 Å². The minimum atomic E-state index is -0.160. The number of nitrogens with zero attached hydrogens (tertiary/aromatic N) is 1. The molecule has 0 bridgehead atoms. The van der Waals surface area contributed by atoms with Gasteiger partial charge in [-0.05, 0) is 60.0 Å². The fourth-order valence-corrected chi connectivity index (χ4v) is 5.01. The number of anilines is 1. The van der Waals surface area contributed by atoms with Crippen molar-refractivity contribution in [2.45, 2.75) is 25.1 Å². The lowest BCUT2D eigenvalue weighted by atomic mass is 10.1. The van der Waals surface area contributed by atoms with Crippen LogP contribution in [0.3, 0.4) is 0 Å². The summed E-state index contributed by atoms with van der Waals surface area (Å²) in [5, 5.41) is -0.160. The Hall–Kier alpha value is -3.38. The molecule has 1 fully saturated rings. The van der Waals surface area contributed by atoms with E-state index in [2.05, 4.69) is 19.1 Å². The van der Waals surface area contributed by atoms with E-state index in [0.717, 1.165) is 35.4 Å². The number of methoxy groups -OCH3 is 2. The Kier molecular flexibility index (Phi) is 7.80. The number of hydrogen-bond acceptors (Lipinski definition) is 5. The van der Waals surface area contributed by atoms with Gasteiger partial charge in [-0.15, -0.1) is 0 Å². The summed E-state index contributed by atoms with van der Waals surface area (Å²) in [6, 6.07) is 23.4. The van der Waals surface area contributed by atoms with E-state index in [9.17, 15) is 4.79 Å². The number of thioether (sulfide) groups is 1. The fraction of sp³-hybridized carbons (Fsp3) is 0.250. The van der Waals surface area contributed by atoms with E-state index in [4.69, 9.17) is 14.2 Å². The summed E-state index contributed by atoms with van der Waals surface area (Å²) in [6.07, 6.45) is 3.98. The summed E-state index contributed by atoms with van der Waals surface area (Å²) in [5.41, 5.74) is 2.78. The Labute approximate surface area is 205 Å². The standard InChI is InChI=1S/C28H29NO4S/c1-4-5-17-33-24-16-11-20(18-25(24)32-3)19-26-27(30)29(22-12-14-23(31-2)15-13-22)28(34-26)21-9-7-6-8-10-21/h6-16,18-19,28H,4-5,17H2,1-3H3. The molecule has 1 heterocycles. The summed E-state index contributed by atoms with van der Waals surface area (Å²) in [7, 11) is 3.26. The number of amides is 1. The highest BCUT2D eigenvalue weighted by molar-refractivity contribution is 8.05. The van der Waals surface area contributed by atoms with Gasteiger partial charge in [-0.2, -0.15) is 0 Å². The number of carbonyl (C=O) groups is 1. The second-order valence-electron chi connectivity index (χ2n) is 7.87. The normalized spacial score (nSPS) is 16.7. The minimum Gasteiger partial charge on any atom is -0.497 e. The Morgan fingerprint density at radius 2 is 1.71 bits per heavy atom. The molecule has 3 aromatic rings. The molecule has 0 aliphatic carbocycles. The molecule has 0 spiro atoms. The van der Waals surface area contributed by atoms with E-state index in [1.54, 1.807) is 26.0 Å². The van der Waals surface area contributed by atoms with Gasteiger partial charge >= 0.3 is 0 Å². The number of ether oxygens (including phenoxy) is 3. The van der Waals surface area contributed by atoms with Crippen molar-refractivity contribution in [3.05, 3.63) is 88.8 Å². The lowest BCUT2D eigenvalue weighted by Crippen LogP contribution is -2.27. The zero-order valence-corrected chi connectivity index (χ0v) is 20.5. The summed E-state index contributed by atoms with van der Waals surface area (Å²) in [6.45, 7) is 2.78. The van der Waals surface area contributed by atoms with Gasteiger partial charge in [0.05, 0.1) is 25.7 Å². The number of carbonyl (C=O) groups excluding carboxylic acids is 1. The molecule has 0 N–H and O–H groups in total. The van der Waals surface area contributed by atoms with Crippen molar-refractivity contribution in [2.75, 3.05) is 25.7 Å². The first kappa shape index (κ1) is 23.8. The minimum absolute atomic E-state index is 0.0359. The first-order chi connectivity index (χ1) is 16.6. The van der Waals surface area contributed by atoms with E-state index < -0.39 is 0 Å². The van der Waals surface area contributed by atoms with Gasteiger partial charge in [-0.3, -0.25) is 9.69 Å². The maximum absolute atomic E-state index is 13.6. The van der Waals surface area contributed by atoms with E-state index in [1.807, 2.05) is 71.6 Å². The van der Waals surface area contributed by atoms with Crippen molar-refractivity contribution in [1.29, 1.82) is 0 Å². The first-order valence-corrected chi connectivity index (χ1v) is 12.2. The summed E-state index contributed by atoms with van der Waals surface area (Å²) in [4.78, 5) is 16.1. The van der Waals surface area contributed by atoms with Gasteiger partial charge in [0.1, 0.15) is 11.1 Å². The Bertz CT molecular complexity index is 1140. The quantitative estimate of drug-likeness (QED) is 0.254. The van der Waals surface area contributed by atoms with Crippen LogP contribution < -0.4 is 19.1 Å². The first-order valence-electron chi connectivity index (χ1n) is 11.4. The molecular weight excluding hydrogens is 446 g/mol. The van der Waals surface area contributed by atoms with Gasteiger partial charge in [0.2, 0.25) is 0 Å². The molecule has 0 aromatic heterocycles. The molecule has 1 amide bonds. The van der Waals surface area contributed by atoms with Crippen LogP contribution in [-0.2, 0) is 4.79 Å². The molecule has 4 rings (SSSR count). The predicted octanol–water partition coefficient (Wildman–Crippen LogP) is 6.70. The highest BCUT2D eigenvalue weighted by Gasteiger charge is 2.38. The second kappa shape index (κ2) is 11.2. The summed E-state index contributed by atoms with van der Waals surface area (Å²) < 4.78 is 16.7. The topological polar surface area (TPSA) is 48.0 Å². The molecule has 6 heteroatoms. The van der Waals surface area contributed by atoms with E-state index >= 15 is 0 Å². The number of benzene rings is 3. The molecular formula is C28H29NO4S. The van der Waals surface area contributed by atoms with Gasteiger partial charge in [0, 0.05) is 5.69 Å². The summed E-state index contributed by atoms with van der Waals surface area (Å²) in [5.74, 6) is 2.09. The van der Waals surface area contributed by atoms with Crippen molar-refractivity contribution in [3.63, 3.8) is 0 Å². The SMILES string of the molecule is CCCCOc1ccc(C=C2SC(c3ccccc3)N(c3ccc(OC)cc3)C2=O)cc1OC. The van der Waals surface area contributed by atoms with Crippen LogP contribution in [0.1, 0.15) is 36.3 Å². The molecule has 5 nitrogen and oxygen atoms in total. The van der Waals surface area contributed by atoms with E-state index in [1.165, 1.54) is 0 Å². The summed E-state index contributed by atoms with van der Waals surface area (Å²) >= 11 is 1.55. The van der Waals surface area contributed by atoms with Crippen LogP contribution in [-0.4, -0.2) is 26.7 Å². The fourth-order valence-electron chi connectivity index (χ4n) is 3.75. The van der Waals surface area contributed by atoms with Crippen LogP contribution in [0, 0.1) is 0 Å². The lowest BCUT2D eigenvalue weighted by Gasteiger charge is -2.24. The van der Waals surface area contributed by atoms with Crippen molar-refractivity contribution in [3.8, 4) is 17.2 Å². The van der Waals surface area contributed by atoms with Gasteiger partial charge in [-0.1, -0.05) is 61.5 Å². The van der Waals surface area contributed by atoms with Crippen molar-refractivity contribution in [1.82, 2.24) is 0 Å². The molecule has 0 saturated carbocycles. The van der Waals surface area contributed by atoms with Crippen LogP contribution in [0.4, 0.5) is 5.69 Å². The molecule has 0 radical (unpaired) electrons. The molecule has 1 aliphatic rings. The average molecular weight is 476 g/mol. The second-order valence-corrected chi connectivity index (χ2v) is 9.00. The maximum atomic E-state index is 13.6.